The number of likely N-dealkylation sites (N-methyl/N-ethyl adjacent to an activating group) is 1. The van der Waals surface area contributed by atoms with Gasteiger partial charge in [0, 0.05) is 18.1 Å². The first kappa shape index (κ1) is 29.7. The molecule has 1 atom stereocenters. The van der Waals surface area contributed by atoms with Crippen LogP contribution in [-0.4, -0.2) is 50.5 Å². The van der Waals surface area contributed by atoms with Crippen molar-refractivity contribution >= 4 is 50.7 Å². The van der Waals surface area contributed by atoms with E-state index in [1.54, 1.807) is 38.1 Å². The van der Waals surface area contributed by atoms with Gasteiger partial charge >= 0.3 is 6.18 Å². The minimum Gasteiger partial charge on any atom is -0.355 e. The van der Waals surface area contributed by atoms with Gasteiger partial charge in [0.15, 0.2) is 0 Å². The van der Waals surface area contributed by atoms with Crippen LogP contribution in [0.25, 0.3) is 0 Å². The average molecular weight is 568 g/mol. The van der Waals surface area contributed by atoms with Gasteiger partial charge in [-0.15, -0.1) is 0 Å². The lowest BCUT2D eigenvalue weighted by Gasteiger charge is -2.33. The maximum atomic E-state index is 13.5. The Hall–Kier alpha value is -2.50. The molecule has 0 aliphatic carbocycles. The van der Waals surface area contributed by atoms with E-state index in [0.29, 0.717) is 27.5 Å². The summed E-state index contributed by atoms with van der Waals surface area (Å²) in [6, 6.07) is 8.19. The summed E-state index contributed by atoms with van der Waals surface area (Å²) in [5.74, 6) is -1.26. The SMILES string of the molecule is CCNC(=O)[C@@H](CC)N(Cc1ccccc1Cl)C(=O)CN(c1ccc(Cl)c(C(F)(F)F)c1)S(C)(=O)=O. The predicted octanol–water partition coefficient (Wildman–Crippen LogP) is 4.72. The van der Waals surface area contributed by atoms with E-state index in [1.807, 2.05) is 0 Å². The molecule has 0 spiro atoms. The van der Waals surface area contributed by atoms with Crippen molar-refractivity contribution in [3.05, 3.63) is 63.6 Å². The van der Waals surface area contributed by atoms with Crippen molar-refractivity contribution in [1.82, 2.24) is 10.2 Å². The number of carbonyl (C=O) groups is 2. The molecule has 0 heterocycles. The van der Waals surface area contributed by atoms with Crippen LogP contribution in [0.3, 0.4) is 0 Å². The van der Waals surface area contributed by atoms with Crippen LogP contribution in [0.2, 0.25) is 10.0 Å². The number of rotatable bonds is 10. The quantitative estimate of drug-likeness (QED) is 0.450. The first-order valence-corrected chi connectivity index (χ1v) is 13.5. The Balaban J connectivity index is 2.53. The van der Waals surface area contributed by atoms with Gasteiger partial charge in [-0.1, -0.05) is 48.3 Å². The predicted molar refractivity (Wildman–Crippen MR) is 133 cm³/mol. The summed E-state index contributed by atoms with van der Waals surface area (Å²) < 4.78 is 65.8. The van der Waals surface area contributed by atoms with E-state index >= 15 is 0 Å². The fraction of sp³-hybridized carbons (Fsp3) is 0.391. The maximum Gasteiger partial charge on any atom is 0.417 e. The molecule has 0 saturated heterocycles. The van der Waals surface area contributed by atoms with Crippen LogP contribution < -0.4 is 9.62 Å². The molecule has 0 saturated carbocycles. The Morgan fingerprint density at radius 2 is 1.69 bits per heavy atom. The van der Waals surface area contributed by atoms with E-state index < -0.39 is 56.9 Å². The highest BCUT2D eigenvalue weighted by Gasteiger charge is 2.36. The molecule has 13 heteroatoms. The molecule has 198 valence electrons. The summed E-state index contributed by atoms with van der Waals surface area (Å²) >= 11 is 11.9. The lowest BCUT2D eigenvalue weighted by atomic mass is 10.1. The molecular formula is C23H26Cl2F3N3O4S. The van der Waals surface area contributed by atoms with Crippen LogP contribution in [-0.2, 0) is 32.3 Å². The van der Waals surface area contributed by atoms with Gasteiger partial charge < -0.3 is 10.2 Å². The van der Waals surface area contributed by atoms with Crippen molar-refractivity contribution in [2.75, 3.05) is 23.7 Å². The summed E-state index contributed by atoms with van der Waals surface area (Å²) in [5, 5.41) is 2.35. The number of carbonyl (C=O) groups excluding carboxylic acids is 2. The van der Waals surface area contributed by atoms with Gasteiger partial charge in [-0.25, -0.2) is 8.42 Å². The zero-order valence-corrected chi connectivity index (χ0v) is 22.1. The molecule has 0 radical (unpaired) electrons. The highest BCUT2D eigenvalue weighted by atomic mass is 35.5. The summed E-state index contributed by atoms with van der Waals surface area (Å²) in [7, 11) is -4.22. The van der Waals surface area contributed by atoms with Crippen molar-refractivity contribution in [3.8, 4) is 0 Å². The van der Waals surface area contributed by atoms with Crippen LogP contribution >= 0.6 is 23.2 Å². The topological polar surface area (TPSA) is 86.8 Å². The van der Waals surface area contributed by atoms with Gasteiger partial charge in [0.05, 0.1) is 22.5 Å². The Morgan fingerprint density at radius 3 is 2.22 bits per heavy atom. The molecule has 7 nitrogen and oxygen atoms in total. The van der Waals surface area contributed by atoms with Gasteiger partial charge in [0.2, 0.25) is 21.8 Å². The fourth-order valence-electron chi connectivity index (χ4n) is 3.52. The smallest absolute Gasteiger partial charge is 0.355 e. The molecular weight excluding hydrogens is 542 g/mol. The van der Waals surface area contributed by atoms with E-state index in [1.165, 1.54) is 4.90 Å². The van der Waals surface area contributed by atoms with Crippen LogP contribution in [0.1, 0.15) is 31.4 Å². The van der Waals surface area contributed by atoms with Crippen molar-refractivity contribution in [2.24, 2.45) is 0 Å². The summed E-state index contributed by atoms with van der Waals surface area (Å²) in [6.07, 6.45) is -3.89. The lowest BCUT2D eigenvalue weighted by Crippen LogP contribution is -2.52. The van der Waals surface area contributed by atoms with Gasteiger partial charge in [0.1, 0.15) is 12.6 Å². The van der Waals surface area contributed by atoms with E-state index in [-0.39, 0.29) is 13.0 Å². The molecule has 2 rings (SSSR count). The Kier molecular flexibility index (Phi) is 10.0. The van der Waals surface area contributed by atoms with E-state index in [2.05, 4.69) is 5.32 Å². The van der Waals surface area contributed by atoms with Gasteiger partial charge in [-0.3, -0.25) is 13.9 Å². The number of hydrogen-bond donors (Lipinski definition) is 1. The maximum absolute atomic E-state index is 13.5. The molecule has 0 aromatic heterocycles. The van der Waals surface area contributed by atoms with E-state index in [4.69, 9.17) is 23.2 Å². The zero-order valence-electron chi connectivity index (χ0n) is 19.8. The first-order valence-electron chi connectivity index (χ1n) is 10.9. The number of alkyl halides is 3. The first-order chi connectivity index (χ1) is 16.7. The molecule has 2 amide bonds. The summed E-state index contributed by atoms with van der Waals surface area (Å²) in [6.45, 7) is 2.70. The number of benzene rings is 2. The number of amides is 2. The third-order valence-corrected chi connectivity index (χ3v) is 7.10. The number of hydrogen-bond acceptors (Lipinski definition) is 4. The molecule has 0 aliphatic heterocycles. The molecule has 0 aliphatic rings. The lowest BCUT2D eigenvalue weighted by molar-refractivity contribution is -0.140. The highest BCUT2D eigenvalue weighted by molar-refractivity contribution is 7.92. The van der Waals surface area contributed by atoms with Gasteiger partial charge in [-0.2, -0.15) is 13.2 Å². The Morgan fingerprint density at radius 1 is 1.06 bits per heavy atom. The standard InChI is InChI=1S/C23H26Cl2F3N3O4S/c1-4-20(22(33)29-5-2)30(13-15-8-6-7-9-18(15)24)21(32)14-31(36(3,34)35)16-10-11-19(25)17(12-16)23(26,27)28/h6-12,20H,4-5,13-14H2,1-3H3,(H,29,33)/t20-/m1/s1. The van der Waals surface area contributed by atoms with Gasteiger partial charge in [-0.05, 0) is 43.2 Å². The summed E-state index contributed by atoms with van der Waals surface area (Å²) in [4.78, 5) is 27.4. The summed E-state index contributed by atoms with van der Waals surface area (Å²) in [5.41, 5.74) is -1.14. The van der Waals surface area contributed by atoms with Crippen molar-refractivity contribution in [3.63, 3.8) is 0 Å². The number of anilines is 1. The molecule has 0 bridgehead atoms. The van der Waals surface area contributed by atoms with Crippen molar-refractivity contribution in [1.29, 1.82) is 0 Å². The number of nitrogens with one attached hydrogen (secondary N) is 1. The molecule has 0 unspecified atom stereocenters. The van der Waals surface area contributed by atoms with Crippen LogP contribution in [0, 0.1) is 0 Å². The van der Waals surface area contributed by atoms with Crippen LogP contribution in [0.4, 0.5) is 18.9 Å². The fourth-order valence-corrected chi connectivity index (χ4v) is 4.78. The minimum absolute atomic E-state index is 0.125. The molecule has 0 fully saturated rings. The normalized spacial score (nSPS) is 12.7. The number of sulfonamides is 1. The van der Waals surface area contributed by atoms with Crippen molar-refractivity contribution in [2.45, 2.75) is 39.0 Å². The molecule has 1 N–H and O–H groups in total. The van der Waals surface area contributed by atoms with Crippen LogP contribution in [0.5, 0.6) is 0 Å². The zero-order chi connectivity index (χ0) is 27.3. The average Bonchev–Trinajstić information content (AvgIpc) is 2.77. The second-order valence-corrected chi connectivity index (χ2v) is 10.6. The van der Waals surface area contributed by atoms with Gasteiger partial charge in [0.25, 0.3) is 0 Å². The Bertz CT molecular complexity index is 1210. The van der Waals surface area contributed by atoms with E-state index in [0.717, 1.165) is 18.4 Å². The second-order valence-electron chi connectivity index (χ2n) is 7.86. The van der Waals surface area contributed by atoms with Crippen LogP contribution in [0.15, 0.2) is 42.5 Å². The highest BCUT2D eigenvalue weighted by Crippen LogP contribution is 2.37. The molecule has 2 aromatic rings. The van der Waals surface area contributed by atoms with Crippen molar-refractivity contribution < 1.29 is 31.2 Å². The monoisotopic (exact) mass is 567 g/mol. The Labute approximate surface area is 218 Å². The minimum atomic E-state index is -4.85. The number of nitrogens with zero attached hydrogens (tertiary/aromatic N) is 2. The number of halogens is 5. The second kappa shape index (κ2) is 12.2. The molecule has 36 heavy (non-hydrogen) atoms. The third kappa shape index (κ3) is 7.50. The molecule has 2 aromatic carbocycles. The largest absolute Gasteiger partial charge is 0.417 e. The third-order valence-electron chi connectivity index (χ3n) is 5.26. The van der Waals surface area contributed by atoms with E-state index in [9.17, 15) is 31.2 Å².